The van der Waals surface area contributed by atoms with E-state index in [1.807, 2.05) is 12.1 Å². The second kappa shape index (κ2) is 4.61. The minimum absolute atomic E-state index is 0.229. The maximum absolute atomic E-state index is 5.69. The Morgan fingerprint density at radius 2 is 2.16 bits per heavy atom. The molecule has 3 rings (SSSR count). The van der Waals surface area contributed by atoms with Crippen molar-refractivity contribution in [2.75, 3.05) is 12.3 Å². The first-order chi connectivity index (χ1) is 9.15. The number of aromatic nitrogens is 1. The summed E-state index contributed by atoms with van der Waals surface area (Å²) < 4.78 is 11.1. The molecular weight excluding hydrogens is 240 g/mol. The van der Waals surface area contributed by atoms with Gasteiger partial charge in [-0.15, -0.1) is 0 Å². The smallest absolute Gasteiger partial charge is 0.292 e. The number of ether oxygens (including phenoxy) is 1. The van der Waals surface area contributed by atoms with Gasteiger partial charge in [0.25, 0.3) is 6.01 Å². The molecule has 0 unspecified atom stereocenters. The number of nitrogens with two attached hydrogens (primary N) is 1. The Labute approximate surface area is 112 Å². The third kappa shape index (κ3) is 2.18. The third-order valence-corrected chi connectivity index (χ3v) is 3.38. The summed E-state index contributed by atoms with van der Waals surface area (Å²) in [6.45, 7) is 4.95. The Morgan fingerprint density at radius 1 is 1.32 bits per heavy atom. The van der Waals surface area contributed by atoms with E-state index in [-0.39, 0.29) is 11.9 Å². The molecule has 0 radical (unpaired) electrons. The van der Waals surface area contributed by atoms with Crippen molar-refractivity contribution in [3.63, 3.8) is 0 Å². The summed E-state index contributed by atoms with van der Waals surface area (Å²) in [6.07, 6.45) is 2.11. The first-order valence-electron chi connectivity index (χ1n) is 6.67. The summed E-state index contributed by atoms with van der Waals surface area (Å²) in [5, 5.41) is 0. The number of fused-ring (bicyclic) bond motifs is 1. The van der Waals surface area contributed by atoms with Crippen LogP contribution in [0.25, 0.3) is 11.3 Å². The molecule has 0 aliphatic carbocycles. The van der Waals surface area contributed by atoms with Gasteiger partial charge in [0.15, 0.2) is 0 Å². The summed E-state index contributed by atoms with van der Waals surface area (Å²) in [5.41, 5.74) is 8.82. The topological polar surface area (TPSA) is 61.3 Å². The lowest BCUT2D eigenvalue weighted by Crippen LogP contribution is -2.08. The fourth-order valence-electron chi connectivity index (χ4n) is 2.45. The molecule has 1 aromatic heterocycles. The molecule has 2 N–H and O–H groups in total. The molecule has 1 aliphatic heterocycles. The van der Waals surface area contributed by atoms with Crippen LogP contribution in [0.5, 0.6) is 5.75 Å². The minimum atomic E-state index is 0.229. The SMILES string of the molecule is CC(C)c1oc(N)nc1-c1ccc2c(c1)CCCO2. The van der Waals surface area contributed by atoms with Crippen molar-refractivity contribution in [3.8, 4) is 17.0 Å². The highest BCUT2D eigenvalue weighted by molar-refractivity contribution is 5.65. The van der Waals surface area contributed by atoms with Gasteiger partial charge >= 0.3 is 0 Å². The van der Waals surface area contributed by atoms with E-state index >= 15 is 0 Å². The first-order valence-corrected chi connectivity index (χ1v) is 6.67. The predicted molar refractivity (Wildman–Crippen MR) is 74.3 cm³/mol. The van der Waals surface area contributed by atoms with Crippen molar-refractivity contribution in [1.82, 2.24) is 4.98 Å². The van der Waals surface area contributed by atoms with Crippen molar-refractivity contribution < 1.29 is 9.15 Å². The number of aryl methyl sites for hydroxylation is 1. The van der Waals surface area contributed by atoms with E-state index in [1.165, 1.54) is 5.56 Å². The van der Waals surface area contributed by atoms with Crippen molar-refractivity contribution in [3.05, 3.63) is 29.5 Å². The van der Waals surface area contributed by atoms with Crippen molar-refractivity contribution in [2.24, 2.45) is 0 Å². The summed E-state index contributed by atoms with van der Waals surface area (Å²) in [6, 6.07) is 6.40. The Bertz CT molecular complexity index is 602. The Balaban J connectivity index is 2.07. The van der Waals surface area contributed by atoms with Crippen molar-refractivity contribution >= 4 is 6.01 Å². The Hall–Kier alpha value is -1.97. The standard InChI is InChI=1S/C15H18N2O2/c1-9(2)14-13(17-15(16)19-14)11-5-6-12-10(8-11)4-3-7-18-12/h5-6,8-9H,3-4,7H2,1-2H3,(H2,16,17). The van der Waals surface area contributed by atoms with Gasteiger partial charge in [-0.05, 0) is 36.6 Å². The van der Waals surface area contributed by atoms with E-state index < -0.39 is 0 Å². The van der Waals surface area contributed by atoms with Crippen LogP contribution in [0.2, 0.25) is 0 Å². The number of oxazole rings is 1. The number of rotatable bonds is 2. The molecule has 0 saturated heterocycles. The largest absolute Gasteiger partial charge is 0.493 e. The molecule has 0 atom stereocenters. The average Bonchev–Trinajstić information content (AvgIpc) is 2.80. The first kappa shape index (κ1) is 12.1. The van der Waals surface area contributed by atoms with E-state index in [1.54, 1.807) is 0 Å². The molecule has 2 heterocycles. The van der Waals surface area contributed by atoms with Crippen LogP contribution in [0.3, 0.4) is 0 Å². The molecular formula is C15H18N2O2. The lowest BCUT2D eigenvalue weighted by atomic mass is 9.99. The van der Waals surface area contributed by atoms with Crippen LogP contribution in [-0.4, -0.2) is 11.6 Å². The molecule has 0 amide bonds. The van der Waals surface area contributed by atoms with Gasteiger partial charge in [0.2, 0.25) is 0 Å². The van der Waals surface area contributed by atoms with E-state index in [2.05, 4.69) is 24.9 Å². The van der Waals surface area contributed by atoms with Crippen LogP contribution in [0, 0.1) is 0 Å². The molecule has 4 heteroatoms. The monoisotopic (exact) mass is 258 g/mol. The van der Waals surface area contributed by atoms with E-state index in [4.69, 9.17) is 14.9 Å². The fraction of sp³-hybridized carbons (Fsp3) is 0.400. The molecule has 1 aromatic carbocycles. The second-order valence-electron chi connectivity index (χ2n) is 5.19. The second-order valence-corrected chi connectivity index (χ2v) is 5.19. The van der Waals surface area contributed by atoms with Gasteiger partial charge in [-0.25, -0.2) is 0 Å². The van der Waals surface area contributed by atoms with Crippen molar-refractivity contribution in [1.29, 1.82) is 0 Å². The highest BCUT2D eigenvalue weighted by atomic mass is 16.5. The fourth-order valence-corrected chi connectivity index (χ4v) is 2.45. The van der Waals surface area contributed by atoms with Gasteiger partial charge < -0.3 is 14.9 Å². The predicted octanol–water partition coefficient (Wildman–Crippen LogP) is 3.37. The van der Waals surface area contributed by atoms with Gasteiger partial charge in [0, 0.05) is 11.5 Å². The molecule has 2 aromatic rings. The van der Waals surface area contributed by atoms with Crippen molar-refractivity contribution in [2.45, 2.75) is 32.6 Å². The number of hydrogen-bond donors (Lipinski definition) is 1. The molecule has 0 spiro atoms. The van der Waals surface area contributed by atoms with E-state index in [0.717, 1.165) is 42.2 Å². The molecule has 4 nitrogen and oxygen atoms in total. The number of nitrogen functional groups attached to an aromatic ring is 1. The highest BCUT2D eigenvalue weighted by Gasteiger charge is 2.18. The number of benzene rings is 1. The van der Waals surface area contributed by atoms with E-state index in [9.17, 15) is 0 Å². The summed E-state index contributed by atoms with van der Waals surface area (Å²) >= 11 is 0. The summed E-state index contributed by atoms with van der Waals surface area (Å²) in [5.74, 6) is 2.08. The Kier molecular flexibility index (Phi) is 2.93. The van der Waals surface area contributed by atoms with Crippen LogP contribution in [-0.2, 0) is 6.42 Å². The van der Waals surface area contributed by atoms with Crippen LogP contribution < -0.4 is 10.5 Å². The Morgan fingerprint density at radius 3 is 2.95 bits per heavy atom. The van der Waals surface area contributed by atoms with Crippen LogP contribution in [0.15, 0.2) is 22.6 Å². The lowest BCUT2D eigenvalue weighted by Gasteiger charge is -2.17. The maximum Gasteiger partial charge on any atom is 0.292 e. The average molecular weight is 258 g/mol. The third-order valence-electron chi connectivity index (χ3n) is 3.38. The van der Waals surface area contributed by atoms with E-state index in [0.29, 0.717) is 0 Å². The quantitative estimate of drug-likeness (QED) is 0.897. The zero-order chi connectivity index (χ0) is 13.4. The molecule has 0 bridgehead atoms. The van der Waals surface area contributed by atoms with Gasteiger partial charge in [-0.1, -0.05) is 13.8 Å². The van der Waals surface area contributed by atoms with Gasteiger partial charge in [-0.2, -0.15) is 4.98 Å². The highest BCUT2D eigenvalue weighted by Crippen LogP contribution is 2.34. The van der Waals surface area contributed by atoms with Gasteiger partial charge in [-0.3, -0.25) is 0 Å². The van der Waals surface area contributed by atoms with Gasteiger partial charge in [0.1, 0.15) is 17.2 Å². The molecule has 0 saturated carbocycles. The van der Waals surface area contributed by atoms with Crippen LogP contribution >= 0.6 is 0 Å². The molecule has 100 valence electrons. The summed E-state index contributed by atoms with van der Waals surface area (Å²) in [7, 11) is 0. The zero-order valence-electron chi connectivity index (χ0n) is 11.3. The zero-order valence-corrected chi connectivity index (χ0v) is 11.3. The molecule has 19 heavy (non-hydrogen) atoms. The minimum Gasteiger partial charge on any atom is -0.493 e. The summed E-state index contributed by atoms with van der Waals surface area (Å²) in [4.78, 5) is 4.32. The number of nitrogens with zero attached hydrogens (tertiary/aromatic N) is 1. The lowest BCUT2D eigenvalue weighted by molar-refractivity contribution is 0.288. The number of hydrogen-bond acceptors (Lipinski definition) is 4. The van der Waals surface area contributed by atoms with Gasteiger partial charge in [0.05, 0.1) is 6.61 Å². The molecule has 0 fully saturated rings. The molecule has 1 aliphatic rings. The van der Waals surface area contributed by atoms with Crippen LogP contribution in [0.4, 0.5) is 6.01 Å². The number of anilines is 1. The van der Waals surface area contributed by atoms with Crippen LogP contribution in [0.1, 0.15) is 37.5 Å². The normalized spacial score (nSPS) is 14.3. The maximum atomic E-state index is 5.69.